The lowest BCUT2D eigenvalue weighted by atomic mass is 10.1. The first-order chi connectivity index (χ1) is 19.6. The number of rotatable bonds is 10. The maximum absolute atomic E-state index is 12.5. The van der Waals surface area contributed by atoms with Crippen LogP contribution in [0.15, 0.2) is 66.9 Å². The highest BCUT2D eigenvalue weighted by Crippen LogP contribution is 2.36. The lowest BCUT2D eigenvalue weighted by Gasteiger charge is -2.16. The minimum absolute atomic E-state index is 0. The number of aliphatic carboxylic acids is 2. The Labute approximate surface area is 242 Å². The standard InChI is InChI=1S/C26H25N5O2.C4H4O4.H2O/c1-5-18-9-7-10-20(13-18)29-26-19(16-27)17-28-22-15-24(33-6-2)23(14-21(22)26)30-25(32)11-8-12-31(3)4;5-3(6)1-2-4(7)8;/h1,7-11,13-15,17H,6,12H2,2-4H3,(H,28,29)(H,30,32);1-2H,(H,5,6)(H,7,8);1H2/b11-8+;2-1-;. The number of fused-ring (bicyclic) bond motifs is 1. The van der Waals surface area contributed by atoms with E-state index in [1.54, 1.807) is 18.2 Å². The molecular weight excluding hydrogens is 542 g/mol. The van der Waals surface area contributed by atoms with E-state index < -0.39 is 11.9 Å². The molecule has 1 amide bonds. The number of likely N-dealkylation sites (N-methyl/N-ethyl adjacent to an activating group) is 1. The van der Waals surface area contributed by atoms with Crippen LogP contribution in [0, 0.1) is 23.7 Å². The summed E-state index contributed by atoms with van der Waals surface area (Å²) in [7, 11) is 3.85. The van der Waals surface area contributed by atoms with Crippen LogP contribution in [0.4, 0.5) is 17.1 Å². The molecule has 0 atom stereocenters. The van der Waals surface area contributed by atoms with Crippen LogP contribution in [-0.4, -0.2) is 70.7 Å². The summed E-state index contributed by atoms with van der Waals surface area (Å²) in [5.74, 6) is 0.307. The zero-order valence-electron chi connectivity index (χ0n) is 23.2. The highest BCUT2D eigenvalue weighted by atomic mass is 16.5. The Balaban J connectivity index is 0.000000860. The van der Waals surface area contributed by atoms with Gasteiger partial charge in [0.2, 0.25) is 5.91 Å². The second-order valence-electron chi connectivity index (χ2n) is 8.47. The number of terminal acetylenes is 1. The summed E-state index contributed by atoms with van der Waals surface area (Å²) in [6, 6.07) is 13.0. The molecule has 0 unspecified atom stereocenters. The summed E-state index contributed by atoms with van der Waals surface area (Å²) < 4.78 is 5.74. The van der Waals surface area contributed by atoms with E-state index in [4.69, 9.17) is 21.4 Å². The van der Waals surface area contributed by atoms with Crippen molar-refractivity contribution in [1.29, 1.82) is 5.26 Å². The van der Waals surface area contributed by atoms with Crippen molar-refractivity contribution in [2.45, 2.75) is 6.92 Å². The van der Waals surface area contributed by atoms with Gasteiger partial charge < -0.3 is 36.0 Å². The predicted octanol–water partition coefficient (Wildman–Crippen LogP) is 3.17. The van der Waals surface area contributed by atoms with Crippen molar-refractivity contribution in [3.63, 3.8) is 0 Å². The molecule has 0 saturated heterocycles. The maximum Gasteiger partial charge on any atom is 0.328 e. The second-order valence-corrected chi connectivity index (χ2v) is 8.47. The smallest absolute Gasteiger partial charge is 0.328 e. The minimum Gasteiger partial charge on any atom is -0.492 e. The van der Waals surface area contributed by atoms with Gasteiger partial charge in [-0.05, 0) is 45.3 Å². The number of pyridine rings is 1. The quantitative estimate of drug-likeness (QED) is 0.206. The molecule has 0 saturated carbocycles. The Kier molecular flexibility index (Phi) is 14.0. The molecule has 0 aliphatic carbocycles. The van der Waals surface area contributed by atoms with Crippen LogP contribution in [0.1, 0.15) is 18.1 Å². The molecule has 3 aromatic rings. The van der Waals surface area contributed by atoms with Crippen LogP contribution in [0.5, 0.6) is 5.75 Å². The van der Waals surface area contributed by atoms with Gasteiger partial charge in [-0.25, -0.2) is 9.59 Å². The molecule has 1 aromatic heterocycles. The van der Waals surface area contributed by atoms with Crippen molar-refractivity contribution in [2.24, 2.45) is 0 Å². The third-order valence-electron chi connectivity index (χ3n) is 5.05. The highest BCUT2D eigenvalue weighted by molar-refractivity contribution is 6.04. The number of nitriles is 1. The Hall–Kier alpha value is -5.69. The van der Waals surface area contributed by atoms with Crippen molar-refractivity contribution >= 4 is 45.8 Å². The van der Waals surface area contributed by atoms with Crippen LogP contribution in [0.25, 0.3) is 10.9 Å². The lowest BCUT2D eigenvalue weighted by molar-refractivity contribution is -0.134. The van der Waals surface area contributed by atoms with E-state index in [0.29, 0.717) is 64.5 Å². The molecule has 12 nitrogen and oxygen atoms in total. The van der Waals surface area contributed by atoms with E-state index in [2.05, 4.69) is 27.6 Å². The largest absolute Gasteiger partial charge is 0.492 e. The number of amides is 1. The molecule has 1 heterocycles. The summed E-state index contributed by atoms with van der Waals surface area (Å²) >= 11 is 0. The molecule has 0 aliphatic heterocycles. The molecule has 0 aliphatic rings. The fourth-order valence-electron chi connectivity index (χ4n) is 3.33. The van der Waals surface area contributed by atoms with Gasteiger partial charge in [0.1, 0.15) is 11.8 Å². The number of carboxylic acid groups (broad SMARTS) is 2. The number of benzene rings is 2. The third-order valence-corrected chi connectivity index (χ3v) is 5.05. The van der Waals surface area contributed by atoms with Crippen LogP contribution in [-0.2, 0) is 14.4 Å². The number of anilines is 3. The van der Waals surface area contributed by atoms with Gasteiger partial charge in [0, 0.05) is 53.7 Å². The maximum atomic E-state index is 12.5. The molecule has 2 aromatic carbocycles. The van der Waals surface area contributed by atoms with Gasteiger partial charge in [-0.15, -0.1) is 6.42 Å². The number of carbonyl (C=O) groups is 3. The molecule has 0 fully saturated rings. The average Bonchev–Trinajstić information content (AvgIpc) is 2.93. The fraction of sp³-hybridized carbons (Fsp3) is 0.167. The number of nitrogens with zero attached hydrogens (tertiary/aromatic N) is 3. The molecule has 42 heavy (non-hydrogen) atoms. The summed E-state index contributed by atoms with van der Waals surface area (Å²) in [4.78, 5) is 38.0. The fourth-order valence-corrected chi connectivity index (χ4v) is 3.33. The van der Waals surface area contributed by atoms with E-state index in [-0.39, 0.29) is 11.4 Å². The molecule has 3 rings (SSSR count). The van der Waals surface area contributed by atoms with Crippen molar-refractivity contribution in [2.75, 3.05) is 37.9 Å². The number of carbonyl (C=O) groups excluding carboxylic acids is 1. The number of hydrogen-bond acceptors (Lipinski definition) is 8. The first kappa shape index (κ1) is 34.3. The number of ether oxygens (including phenoxy) is 1. The molecular formula is C30H31N5O7. The normalized spacial score (nSPS) is 10.2. The van der Waals surface area contributed by atoms with E-state index in [1.165, 1.54) is 12.3 Å². The zero-order valence-corrected chi connectivity index (χ0v) is 23.2. The predicted molar refractivity (Wildman–Crippen MR) is 160 cm³/mol. The molecule has 12 heteroatoms. The molecule has 218 valence electrons. The molecule has 0 bridgehead atoms. The molecule has 6 N–H and O–H groups in total. The summed E-state index contributed by atoms with van der Waals surface area (Å²) in [5.41, 5.74) is 3.49. The van der Waals surface area contributed by atoms with Crippen LogP contribution in [0.3, 0.4) is 0 Å². The molecule has 0 radical (unpaired) electrons. The van der Waals surface area contributed by atoms with Crippen molar-refractivity contribution < 1.29 is 34.8 Å². The number of nitrogens with one attached hydrogen (secondary N) is 2. The Bertz CT molecular complexity index is 1550. The zero-order chi connectivity index (χ0) is 30.4. The third kappa shape index (κ3) is 10.8. The van der Waals surface area contributed by atoms with Crippen LogP contribution in [0.2, 0.25) is 0 Å². The number of hydrogen-bond donors (Lipinski definition) is 4. The second kappa shape index (κ2) is 17.1. The van der Waals surface area contributed by atoms with Gasteiger partial charge in [0.15, 0.2) is 0 Å². The number of aromatic nitrogens is 1. The van der Waals surface area contributed by atoms with Gasteiger partial charge in [-0.1, -0.05) is 18.1 Å². The monoisotopic (exact) mass is 573 g/mol. The van der Waals surface area contributed by atoms with Gasteiger partial charge in [0.25, 0.3) is 0 Å². The van der Waals surface area contributed by atoms with E-state index >= 15 is 0 Å². The summed E-state index contributed by atoms with van der Waals surface area (Å²) in [6.45, 7) is 2.93. The Morgan fingerprint density at radius 1 is 1.12 bits per heavy atom. The van der Waals surface area contributed by atoms with Crippen LogP contribution < -0.4 is 15.4 Å². The Morgan fingerprint density at radius 2 is 1.81 bits per heavy atom. The van der Waals surface area contributed by atoms with Gasteiger partial charge >= 0.3 is 11.9 Å². The highest BCUT2D eigenvalue weighted by Gasteiger charge is 2.15. The van der Waals surface area contributed by atoms with E-state index in [1.807, 2.05) is 50.2 Å². The number of carboxylic acids is 2. The molecule has 0 spiro atoms. The SMILES string of the molecule is C#Cc1cccc(Nc2c(C#N)cnc3cc(OCC)c(NC(=O)/C=C/CN(C)C)cc23)c1.O.O=C(O)/C=C\C(=O)O. The van der Waals surface area contributed by atoms with E-state index in [9.17, 15) is 19.6 Å². The summed E-state index contributed by atoms with van der Waals surface area (Å²) in [6.07, 6.45) is 11.4. The first-order valence-corrected chi connectivity index (χ1v) is 12.2. The van der Waals surface area contributed by atoms with Crippen LogP contribution >= 0.6 is 0 Å². The van der Waals surface area contributed by atoms with Gasteiger partial charge in [-0.2, -0.15) is 5.26 Å². The van der Waals surface area contributed by atoms with Gasteiger partial charge in [-0.3, -0.25) is 9.78 Å². The topological polar surface area (TPSA) is 196 Å². The van der Waals surface area contributed by atoms with Crippen molar-refractivity contribution in [1.82, 2.24) is 9.88 Å². The summed E-state index contributed by atoms with van der Waals surface area (Å²) in [5, 5.41) is 32.1. The van der Waals surface area contributed by atoms with Gasteiger partial charge in [0.05, 0.1) is 29.1 Å². The lowest BCUT2D eigenvalue weighted by Crippen LogP contribution is -2.13. The average molecular weight is 574 g/mol. The van der Waals surface area contributed by atoms with E-state index in [0.717, 1.165) is 5.69 Å². The van der Waals surface area contributed by atoms with Crippen molar-refractivity contribution in [3.05, 3.63) is 78.0 Å². The Morgan fingerprint density at radius 3 is 2.38 bits per heavy atom. The van der Waals surface area contributed by atoms with Crippen molar-refractivity contribution in [3.8, 4) is 24.2 Å². The first-order valence-electron chi connectivity index (χ1n) is 12.2. The minimum atomic E-state index is -1.26.